The van der Waals surface area contributed by atoms with Gasteiger partial charge >= 0.3 is 0 Å². The van der Waals surface area contributed by atoms with E-state index in [2.05, 4.69) is 20.3 Å². The highest BCUT2D eigenvalue weighted by atomic mass is 16.3. The summed E-state index contributed by atoms with van der Waals surface area (Å²) in [4.78, 5) is 22.9. The molecule has 0 atom stereocenters. The molecule has 3 aromatic rings. The SMILES string of the molecule is Cc1cccc(CNC(=O)c2coc(-c3[nH]cnc3N)n2)c1. The van der Waals surface area contributed by atoms with Crippen LogP contribution in [-0.2, 0) is 6.54 Å². The first kappa shape index (κ1) is 13.9. The Hall–Kier alpha value is -3.09. The average molecular weight is 297 g/mol. The Kier molecular flexibility index (Phi) is 3.61. The number of H-pyrrole nitrogens is 1. The van der Waals surface area contributed by atoms with Gasteiger partial charge < -0.3 is 20.5 Å². The Bertz CT molecular complexity index is 806. The Labute approximate surface area is 126 Å². The lowest BCUT2D eigenvalue weighted by Crippen LogP contribution is -2.23. The van der Waals surface area contributed by atoms with Gasteiger partial charge in [-0.1, -0.05) is 29.8 Å². The number of nitrogen functional groups attached to an aromatic ring is 1. The highest BCUT2D eigenvalue weighted by Crippen LogP contribution is 2.20. The third-order valence-electron chi connectivity index (χ3n) is 3.15. The summed E-state index contributed by atoms with van der Waals surface area (Å²) in [5.41, 5.74) is 8.48. The fourth-order valence-electron chi connectivity index (χ4n) is 2.06. The number of carbonyl (C=O) groups excluding carboxylic acids is 1. The third kappa shape index (κ3) is 2.83. The summed E-state index contributed by atoms with van der Waals surface area (Å²) in [6.07, 6.45) is 2.73. The van der Waals surface area contributed by atoms with Gasteiger partial charge in [0.15, 0.2) is 11.5 Å². The van der Waals surface area contributed by atoms with E-state index in [1.807, 2.05) is 31.2 Å². The van der Waals surface area contributed by atoms with Gasteiger partial charge in [0.2, 0.25) is 5.89 Å². The summed E-state index contributed by atoms with van der Waals surface area (Å²) >= 11 is 0. The van der Waals surface area contributed by atoms with Crippen LogP contribution in [0.5, 0.6) is 0 Å². The van der Waals surface area contributed by atoms with Crippen molar-refractivity contribution in [3.8, 4) is 11.6 Å². The molecule has 1 amide bonds. The van der Waals surface area contributed by atoms with Crippen molar-refractivity contribution in [2.24, 2.45) is 0 Å². The van der Waals surface area contributed by atoms with E-state index in [0.29, 0.717) is 12.2 Å². The molecule has 7 heteroatoms. The number of oxazole rings is 1. The molecule has 0 bridgehead atoms. The highest BCUT2D eigenvalue weighted by molar-refractivity contribution is 5.92. The van der Waals surface area contributed by atoms with Crippen LogP contribution < -0.4 is 11.1 Å². The van der Waals surface area contributed by atoms with Crippen molar-refractivity contribution in [3.05, 3.63) is 53.7 Å². The van der Waals surface area contributed by atoms with Crippen molar-refractivity contribution in [2.75, 3.05) is 5.73 Å². The molecular formula is C15H15N5O2. The van der Waals surface area contributed by atoms with Gasteiger partial charge in [-0.3, -0.25) is 4.79 Å². The number of nitrogens with zero attached hydrogens (tertiary/aromatic N) is 2. The minimum absolute atomic E-state index is 0.191. The molecule has 4 N–H and O–H groups in total. The van der Waals surface area contributed by atoms with Crippen LogP contribution in [0.4, 0.5) is 5.82 Å². The van der Waals surface area contributed by atoms with E-state index in [0.717, 1.165) is 11.1 Å². The van der Waals surface area contributed by atoms with Crippen molar-refractivity contribution in [2.45, 2.75) is 13.5 Å². The van der Waals surface area contributed by atoms with Crippen molar-refractivity contribution >= 4 is 11.7 Å². The van der Waals surface area contributed by atoms with E-state index in [1.165, 1.54) is 12.6 Å². The third-order valence-corrected chi connectivity index (χ3v) is 3.15. The topological polar surface area (TPSA) is 110 Å². The zero-order valence-corrected chi connectivity index (χ0v) is 12.0. The molecule has 0 saturated heterocycles. The second-order valence-corrected chi connectivity index (χ2v) is 4.87. The van der Waals surface area contributed by atoms with E-state index in [4.69, 9.17) is 10.2 Å². The first-order valence-corrected chi connectivity index (χ1v) is 6.72. The minimum atomic E-state index is -0.311. The molecule has 7 nitrogen and oxygen atoms in total. The van der Waals surface area contributed by atoms with Crippen molar-refractivity contribution < 1.29 is 9.21 Å². The van der Waals surface area contributed by atoms with Crippen molar-refractivity contribution in [1.82, 2.24) is 20.3 Å². The standard InChI is InChI=1S/C15H15N5O2/c1-9-3-2-4-10(5-9)6-17-14(21)11-7-22-15(20-11)12-13(16)19-8-18-12/h2-5,7-8H,6,16H2,1H3,(H,17,21)(H,18,19). The lowest BCUT2D eigenvalue weighted by atomic mass is 10.1. The molecule has 0 unspecified atom stereocenters. The maximum absolute atomic E-state index is 12.1. The summed E-state index contributed by atoms with van der Waals surface area (Å²) in [5, 5.41) is 2.80. The number of amides is 1. The predicted molar refractivity (Wildman–Crippen MR) is 80.8 cm³/mol. The normalized spacial score (nSPS) is 10.6. The molecule has 22 heavy (non-hydrogen) atoms. The maximum atomic E-state index is 12.1. The zero-order chi connectivity index (χ0) is 15.5. The van der Waals surface area contributed by atoms with Gasteiger partial charge in [0, 0.05) is 6.54 Å². The van der Waals surface area contributed by atoms with E-state index in [9.17, 15) is 4.79 Å². The molecule has 0 aliphatic carbocycles. The number of benzene rings is 1. The molecule has 112 valence electrons. The van der Waals surface area contributed by atoms with Gasteiger partial charge in [-0.25, -0.2) is 9.97 Å². The smallest absolute Gasteiger partial charge is 0.273 e. The van der Waals surface area contributed by atoms with Gasteiger partial charge in [0.1, 0.15) is 12.0 Å². The largest absolute Gasteiger partial charge is 0.442 e. The predicted octanol–water partition coefficient (Wildman–Crippen LogP) is 1.89. The molecule has 1 aromatic carbocycles. The Morgan fingerprint density at radius 1 is 1.45 bits per heavy atom. The maximum Gasteiger partial charge on any atom is 0.273 e. The Balaban J connectivity index is 1.68. The van der Waals surface area contributed by atoms with Crippen LogP contribution in [0.2, 0.25) is 0 Å². The van der Waals surface area contributed by atoms with E-state index < -0.39 is 0 Å². The van der Waals surface area contributed by atoms with Gasteiger partial charge in [-0.15, -0.1) is 0 Å². The first-order valence-electron chi connectivity index (χ1n) is 6.72. The molecule has 3 rings (SSSR count). The summed E-state index contributed by atoms with van der Waals surface area (Å²) in [7, 11) is 0. The van der Waals surface area contributed by atoms with E-state index >= 15 is 0 Å². The van der Waals surface area contributed by atoms with Crippen LogP contribution >= 0.6 is 0 Å². The van der Waals surface area contributed by atoms with Crippen LogP contribution in [0.3, 0.4) is 0 Å². The van der Waals surface area contributed by atoms with Crippen molar-refractivity contribution in [1.29, 1.82) is 0 Å². The van der Waals surface area contributed by atoms with Gasteiger partial charge in [-0.05, 0) is 12.5 Å². The number of aryl methyl sites for hydroxylation is 1. The zero-order valence-electron chi connectivity index (χ0n) is 12.0. The van der Waals surface area contributed by atoms with Crippen molar-refractivity contribution in [3.63, 3.8) is 0 Å². The van der Waals surface area contributed by atoms with E-state index in [-0.39, 0.29) is 23.3 Å². The summed E-state index contributed by atoms with van der Waals surface area (Å²) in [6, 6.07) is 7.92. The number of hydrogen-bond acceptors (Lipinski definition) is 5. The number of rotatable bonds is 4. The number of anilines is 1. The van der Waals surface area contributed by atoms with Crippen LogP contribution in [0.25, 0.3) is 11.6 Å². The monoisotopic (exact) mass is 297 g/mol. The molecule has 0 radical (unpaired) electrons. The number of nitrogens with two attached hydrogens (primary N) is 1. The summed E-state index contributed by atoms with van der Waals surface area (Å²) in [6.45, 7) is 2.43. The quantitative estimate of drug-likeness (QED) is 0.681. The van der Waals surface area contributed by atoms with Gasteiger partial charge in [0.25, 0.3) is 5.91 Å². The molecule has 0 aliphatic rings. The molecular weight excluding hydrogens is 282 g/mol. The summed E-state index contributed by atoms with van der Waals surface area (Å²) < 4.78 is 5.26. The lowest BCUT2D eigenvalue weighted by molar-refractivity contribution is 0.0946. The molecule has 0 aliphatic heterocycles. The lowest BCUT2D eigenvalue weighted by Gasteiger charge is -2.03. The fourth-order valence-corrected chi connectivity index (χ4v) is 2.06. The number of carbonyl (C=O) groups is 1. The van der Waals surface area contributed by atoms with Crippen LogP contribution in [0.15, 0.2) is 41.3 Å². The number of nitrogens with one attached hydrogen (secondary N) is 2. The average Bonchev–Trinajstić information content (AvgIpc) is 3.13. The Morgan fingerprint density at radius 3 is 3.05 bits per heavy atom. The van der Waals surface area contributed by atoms with Gasteiger partial charge in [-0.2, -0.15) is 0 Å². The highest BCUT2D eigenvalue weighted by Gasteiger charge is 2.16. The fraction of sp³-hybridized carbons (Fsp3) is 0.133. The number of hydrogen-bond donors (Lipinski definition) is 3. The van der Waals surface area contributed by atoms with E-state index in [1.54, 1.807) is 0 Å². The Morgan fingerprint density at radius 2 is 2.32 bits per heavy atom. The molecule has 2 aromatic heterocycles. The number of imidazole rings is 1. The van der Waals surface area contributed by atoms with Gasteiger partial charge in [0.05, 0.1) is 6.33 Å². The molecule has 2 heterocycles. The second kappa shape index (κ2) is 5.72. The minimum Gasteiger partial charge on any atom is -0.442 e. The molecule has 0 saturated carbocycles. The second-order valence-electron chi connectivity index (χ2n) is 4.87. The number of aromatic nitrogens is 3. The molecule has 0 fully saturated rings. The summed E-state index contributed by atoms with van der Waals surface area (Å²) in [5.74, 6) is 0.193. The van der Waals surface area contributed by atoms with Crippen LogP contribution in [0.1, 0.15) is 21.6 Å². The van der Waals surface area contributed by atoms with Crippen LogP contribution in [0, 0.1) is 6.92 Å². The number of aromatic amines is 1. The molecule has 0 spiro atoms. The van der Waals surface area contributed by atoms with Crippen LogP contribution in [-0.4, -0.2) is 20.9 Å². The first-order chi connectivity index (χ1) is 10.6.